The van der Waals surface area contributed by atoms with E-state index < -0.39 is 5.97 Å². The number of thiophene rings is 1. The minimum Gasteiger partial charge on any atom is -1.00 e. The van der Waals surface area contributed by atoms with Gasteiger partial charge in [0.25, 0.3) is 5.88 Å². The smallest absolute Gasteiger partial charge is 1.00 e. The van der Waals surface area contributed by atoms with Crippen LogP contribution in [0, 0.1) is 5.82 Å². The number of carbonyl (C=O) groups is 1. The third kappa shape index (κ3) is 4.09. The van der Waals surface area contributed by atoms with Crippen molar-refractivity contribution in [3.8, 4) is 28.0 Å². The molecule has 0 N–H and O–H groups in total. The molecule has 114 valence electrons. The van der Waals surface area contributed by atoms with Gasteiger partial charge in [0.1, 0.15) is 5.82 Å². The maximum atomic E-state index is 13.0. The molecule has 3 aromatic rings. The van der Waals surface area contributed by atoms with Gasteiger partial charge in [-0.05, 0) is 35.7 Å². The average molecular weight is 341 g/mol. The minimum atomic E-state index is -0.392. The van der Waals surface area contributed by atoms with Gasteiger partial charge in [0.05, 0.1) is 4.88 Å². The summed E-state index contributed by atoms with van der Waals surface area (Å²) in [6, 6.07) is 9.48. The van der Waals surface area contributed by atoms with Gasteiger partial charge in [0, 0.05) is 12.0 Å². The van der Waals surface area contributed by atoms with Crippen molar-refractivity contribution >= 4 is 17.3 Å². The predicted octanol–water partition coefficient (Wildman–Crippen LogP) is 1.64. The molecular weight excluding hydrogens is 328 g/mol. The zero-order valence-electron chi connectivity index (χ0n) is 13.7. The number of benzene rings is 1. The molecule has 3 rings (SSSR count). The fraction of sp³-hybridized carbons (Fsp3) is 0.125. The Labute approximate surface area is 160 Å². The third-order valence-corrected chi connectivity index (χ3v) is 3.80. The van der Waals surface area contributed by atoms with E-state index in [1.165, 1.54) is 23.5 Å². The molecule has 7 heteroatoms. The number of aromatic nitrogens is 1. The number of carbonyl (C=O) groups excluding carboxylic acids is 1. The molecule has 0 aliphatic heterocycles. The summed E-state index contributed by atoms with van der Waals surface area (Å²) in [6.07, 6.45) is 0.239. The van der Waals surface area contributed by atoms with E-state index in [0.717, 1.165) is 4.88 Å². The van der Waals surface area contributed by atoms with Crippen LogP contribution in [0.15, 0.2) is 46.2 Å². The maximum Gasteiger partial charge on any atom is 1.00 e. The van der Waals surface area contributed by atoms with E-state index in [1.54, 1.807) is 19.1 Å². The van der Waals surface area contributed by atoms with Crippen LogP contribution in [0.4, 0.5) is 4.39 Å². The molecule has 0 fully saturated rings. The Morgan fingerprint density at radius 2 is 2.09 bits per heavy atom. The van der Waals surface area contributed by atoms with Crippen molar-refractivity contribution in [2.45, 2.75) is 13.3 Å². The van der Waals surface area contributed by atoms with E-state index in [2.05, 4.69) is 4.98 Å². The van der Waals surface area contributed by atoms with Gasteiger partial charge in [-0.1, -0.05) is 13.0 Å². The number of oxazole rings is 1. The Morgan fingerprint density at radius 1 is 1.35 bits per heavy atom. The van der Waals surface area contributed by atoms with E-state index in [4.69, 9.17) is 9.15 Å². The molecule has 0 aliphatic carbocycles. The fourth-order valence-electron chi connectivity index (χ4n) is 1.83. The minimum absolute atomic E-state index is 0. The molecule has 2 aromatic heterocycles. The normalized spacial score (nSPS) is 10.2. The first-order valence-electron chi connectivity index (χ1n) is 6.68. The molecule has 0 saturated carbocycles. The molecule has 1 aromatic carbocycles. The molecule has 0 spiro atoms. The SMILES string of the molecule is CCC(=O)Oc1nc(-c2ccc(F)cc2)oc1-c1cccs1.[H-].[Na+]. The van der Waals surface area contributed by atoms with Crippen molar-refractivity contribution in [2.24, 2.45) is 0 Å². The second-order valence-electron chi connectivity index (χ2n) is 4.47. The van der Waals surface area contributed by atoms with Crippen LogP contribution in [-0.4, -0.2) is 11.0 Å². The summed E-state index contributed by atoms with van der Waals surface area (Å²) in [5, 5.41) is 1.89. The van der Waals surface area contributed by atoms with Crippen LogP contribution < -0.4 is 34.3 Å². The predicted molar refractivity (Wildman–Crippen MR) is 82.2 cm³/mol. The summed E-state index contributed by atoms with van der Waals surface area (Å²) in [5.41, 5.74) is 0.609. The van der Waals surface area contributed by atoms with Gasteiger partial charge in [-0.25, -0.2) is 4.39 Å². The first-order valence-corrected chi connectivity index (χ1v) is 7.56. The van der Waals surface area contributed by atoms with E-state index in [1.807, 2.05) is 17.5 Å². The summed E-state index contributed by atoms with van der Waals surface area (Å²) in [6.45, 7) is 1.70. The van der Waals surface area contributed by atoms with E-state index in [9.17, 15) is 9.18 Å². The molecule has 0 bridgehead atoms. The van der Waals surface area contributed by atoms with Crippen LogP contribution in [0.5, 0.6) is 5.88 Å². The number of ether oxygens (including phenoxy) is 1. The van der Waals surface area contributed by atoms with Gasteiger partial charge >= 0.3 is 35.5 Å². The van der Waals surface area contributed by atoms with Crippen LogP contribution in [0.3, 0.4) is 0 Å². The molecule has 4 nitrogen and oxygen atoms in total. The van der Waals surface area contributed by atoms with Crippen LogP contribution in [0.2, 0.25) is 0 Å². The molecule has 0 amide bonds. The summed E-state index contributed by atoms with van der Waals surface area (Å²) in [7, 11) is 0. The molecule has 0 unspecified atom stereocenters. The zero-order valence-corrected chi connectivity index (χ0v) is 15.5. The van der Waals surface area contributed by atoms with E-state index >= 15 is 0 Å². The van der Waals surface area contributed by atoms with Crippen LogP contribution in [0.1, 0.15) is 14.8 Å². The summed E-state index contributed by atoms with van der Waals surface area (Å²) < 4.78 is 24.0. The molecule has 23 heavy (non-hydrogen) atoms. The topological polar surface area (TPSA) is 52.3 Å². The van der Waals surface area contributed by atoms with Crippen molar-refractivity contribution in [3.63, 3.8) is 0 Å². The summed E-state index contributed by atoms with van der Waals surface area (Å²) in [5.74, 6) is 0.0789. The third-order valence-electron chi connectivity index (χ3n) is 2.93. The van der Waals surface area contributed by atoms with Crippen molar-refractivity contribution < 1.29 is 49.3 Å². The number of nitrogens with zero attached hydrogens (tertiary/aromatic N) is 1. The Bertz CT molecular complexity index is 790. The summed E-state index contributed by atoms with van der Waals surface area (Å²) in [4.78, 5) is 16.6. The van der Waals surface area contributed by atoms with Crippen molar-refractivity contribution in [3.05, 3.63) is 47.6 Å². The number of halogens is 1. The first kappa shape index (κ1) is 17.9. The summed E-state index contributed by atoms with van der Waals surface area (Å²) >= 11 is 1.45. The quantitative estimate of drug-likeness (QED) is 0.535. The number of rotatable bonds is 4. The number of hydrogen-bond donors (Lipinski definition) is 0. The van der Waals surface area contributed by atoms with Gasteiger partial charge in [-0.2, -0.15) is 4.98 Å². The van der Waals surface area contributed by atoms with Crippen LogP contribution in [-0.2, 0) is 4.79 Å². The molecular formula is C16H13FNNaO3S. The maximum absolute atomic E-state index is 13.0. The number of hydrogen-bond acceptors (Lipinski definition) is 5. The van der Waals surface area contributed by atoms with Gasteiger partial charge in [-0.15, -0.1) is 11.3 Å². The molecule has 0 radical (unpaired) electrons. The Hall–Kier alpha value is -1.47. The van der Waals surface area contributed by atoms with Crippen molar-refractivity contribution in [1.82, 2.24) is 4.98 Å². The standard InChI is InChI=1S/C16H12FNO3S.Na.H/c1-2-13(19)20-16-14(12-4-3-9-22-12)21-15(18-16)10-5-7-11(17)8-6-10;;/h3-9H,2H2,1H3;;/q;+1;-1. The van der Waals surface area contributed by atoms with E-state index in [0.29, 0.717) is 11.3 Å². The molecule has 0 atom stereocenters. The van der Waals surface area contributed by atoms with Gasteiger partial charge < -0.3 is 10.6 Å². The first-order chi connectivity index (χ1) is 10.7. The van der Waals surface area contributed by atoms with Gasteiger partial charge in [0.2, 0.25) is 11.7 Å². The Kier molecular flexibility index (Phi) is 6.12. The average Bonchev–Trinajstić information content (AvgIpc) is 3.17. The van der Waals surface area contributed by atoms with Crippen LogP contribution >= 0.6 is 11.3 Å². The van der Waals surface area contributed by atoms with Crippen LogP contribution in [0.25, 0.3) is 22.1 Å². The van der Waals surface area contributed by atoms with Crippen molar-refractivity contribution in [2.75, 3.05) is 0 Å². The Balaban J connectivity index is 0.00000144. The molecule has 0 saturated heterocycles. The van der Waals surface area contributed by atoms with Gasteiger partial charge in [0.15, 0.2) is 0 Å². The fourth-order valence-corrected chi connectivity index (χ4v) is 2.53. The monoisotopic (exact) mass is 341 g/mol. The zero-order chi connectivity index (χ0) is 15.5. The second kappa shape index (κ2) is 7.88. The molecule has 0 aliphatic rings. The van der Waals surface area contributed by atoms with Crippen molar-refractivity contribution in [1.29, 1.82) is 0 Å². The largest absolute Gasteiger partial charge is 1.00 e. The van der Waals surface area contributed by atoms with E-state index in [-0.39, 0.29) is 55.0 Å². The second-order valence-corrected chi connectivity index (χ2v) is 5.41. The number of esters is 1. The Morgan fingerprint density at radius 3 is 2.70 bits per heavy atom. The van der Waals surface area contributed by atoms with Gasteiger partial charge in [-0.3, -0.25) is 4.79 Å². The molecule has 2 heterocycles.